The van der Waals surface area contributed by atoms with Crippen LogP contribution in [0.25, 0.3) is 0 Å². The van der Waals surface area contributed by atoms with Crippen LogP contribution in [0.3, 0.4) is 0 Å². The Morgan fingerprint density at radius 2 is 1.80 bits per heavy atom. The molecule has 0 fully saturated rings. The summed E-state index contributed by atoms with van der Waals surface area (Å²) < 4.78 is 10.3. The molecule has 7 heteroatoms. The highest BCUT2D eigenvalue weighted by molar-refractivity contribution is 7.17. The minimum atomic E-state index is -0.453. The first-order valence-electron chi connectivity index (χ1n) is 8.61. The number of esters is 2. The minimum Gasteiger partial charge on any atom is -0.459 e. The summed E-state index contributed by atoms with van der Waals surface area (Å²) in [4.78, 5) is 37.2. The Morgan fingerprint density at radius 3 is 2.44 bits per heavy atom. The maximum atomic E-state index is 12.5. The van der Waals surface area contributed by atoms with Crippen LogP contribution >= 0.6 is 11.3 Å². The molecule has 0 bridgehead atoms. The molecule has 138 valence electrons. The van der Waals surface area contributed by atoms with Gasteiger partial charge in [-0.1, -0.05) is 13.8 Å². The Labute approximate surface area is 151 Å². The van der Waals surface area contributed by atoms with Gasteiger partial charge >= 0.3 is 11.9 Å². The van der Waals surface area contributed by atoms with E-state index in [4.69, 9.17) is 9.47 Å². The van der Waals surface area contributed by atoms with E-state index in [1.54, 1.807) is 27.7 Å². The predicted octanol–water partition coefficient (Wildman–Crippen LogP) is 3.33. The maximum absolute atomic E-state index is 12.5. The van der Waals surface area contributed by atoms with E-state index in [-0.39, 0.29) is 18.6 Å². The van der Waals surface area contributed by atoms with Gasteiger partial charge in [0, 0.05) is 4.88 Å². The van der Waals surface area contributed by atoms with Crippen LogP contribution in [-0.4, -0.2) is 30.6 Å². The van der Waals surface area contributed by atoms with Crippen molar-refractivity contribution in [2.45, 2.75) is 59.5 Å². The predicted molar refractivity (Wildman–Crippen MR) is 95.9 cm³/mol. The molecule has 0 aromatic carbocycles. The highest BCUT2D eigenvalue weighted by Gasteiger charge is 2.28. The average molecular weight is 367 g/mol. The third-order valence-electron chi connectivity index (χ3n) is 3.79. The minimum absolute atomic E-state index is 0.234. The summed E-state index contributed by atoms with van der Waals surface area (Å²) in [5, 5.41) is 3.21. The van der Waals surface area contributed by atoms with Crippen LogP contribution in [0.4, 0.5) is 5.00 Å². The molecule has 2 rings (SSSR count). The van der Waals surface area contributed by atoms with E-state index in [9.17, 15) is 14.4 Å². The molecule has 0 spiro atoms. The quantitative estimate of drug-likeness (QED) is 0.780. The van der Waals surface area contributed by atoms with Gasteiger partial charge in [0.25, 0.3) is 5.91 Å². The topological polar surface area (TPSA) is 81.7 Å². The van der Waals surface area contributed by atoms with Gasteiger partial charge in [-0.25, -0.2) is 4.79 Å². The van der Waals surface area contributed by atoms with Crippen LogP contribution in [0.1, 0.15) is 61.3 Å². The number of amides is 1. The molecule has 1 N–H and O–H groups in total. The van der Waals surface area contributed by atoms with E-state index in [0.717, 1.165) is 36.1 Å². The summed E-state index contributed by atoms with van der Waals surface area (Å²) in [6.07, 6.45) is 3.57. The second-order valence-corrected chi connectivity index (χ2v) is 7.78. The number of ether oxygens (including phenoxy) is 2. The van der Waals surface area contributed by atoms with Gasteiger partial charge in [-0.15, -0.1) is 11.3 Å². The molecule has 6 nitrogen and oxygen atoms in total. The van der Waals surface area contributed by atoms with Gasteiger partial charge in [-0.05, 0) is 45.1 Å². The third-order valence-corrected chi connectivity index (χ3v) is 5.00. The summed E-state index contributed by atoms with van der Waals surface area (Å²) in [6, 6.07) is 0. The number of hydrogen-bond donors (Lipinski definition) is 1. The zero-order valence-electron chi connectivity index (χ0n) is 15.1. The first kappa shape index (κ1) is 19.4. The number of hydrogen-bond acceptors (Lipinski definition) is 6. The molecular weight excluding hydrogens is 342 g/mol. The highest BCUT2D eigenvalue weighted by Crippen LogP contribution is 2.38. The van der Waals surface area contributed by atoms with Crippen LogP contribution in [-0.2, 0) is 31.9 Å². The van der Waals surface area contributed by atoms with Gasteiger partial charge in [0.15, 0.2) is 6.61 Å². The third kappa shape index (κ3) is 5.04. The first-order valence-corrected chi connectivity index (χ1v) is 9.43. The molecule has 1 heterocycles. The van der Waals surface area contributed by atoms with Gasteiger partial charge in [-0.3, -0.25) is 9.59 Å². The molecule has 1 aliphatic rings. The number of aryl methyl sites for hydroxylation is 1. The number of carbonyl (C=O) groups is 3. The van der Waals surface area contributed by atoms with E-state index in [1.807, 2.05) is 0 Å². The van der Waals surface area contributed by atoms with Crippen molar-refractivity contribution in [3.05, 3.63) is 16.0 Å². The van der Waals surface area contributed by atoms with Crippen molar-refractivity contribution in [2.24, 2.45) is 5.92 Å². The van der Waals surface area contributed by atoms with Gasteiger partial charge in [0.1, 0.15) is 5.00 Å². The Balaban J connectivity index is 2.16. The van der Waals surface area contributed by atoms with E-state index in [2.05, 4.69) is 5.32 Å². The molecule has 1 amide bonds. The molecule has 0 atom stereocenters. The summed E-state index contributed by atoms with van der Waals surface area (Å²) in [6.45, 7) is 6.63. The molecule has 0 radical (unpaired) electrons. The van der Waals surface area contributed by atoms with Crippen molar-refractivity contribution in [3.63, 3.8) is 0 Å². The maximum Gasteiger partial charge on any atom is 0.341 e. The van der Waals surface area contributed by atoms with Crippen molar-refractivity contribution in [3.8, 4) is 0 Å². The van der Waals surface area contributed by atoms with Crippen molar-refractivity contribution < 1.29 is 23.9 Å². The number of thiophene rings is 1. The Hall–Kier alpha value is -1.89. The fourth-order valence-electron chi connectivity index (χ4n) is 2.61. The molecule has 0 saturated heterocycles. The monoisotopic (exact) mass is 367 g/mol. The standard InChI is InChI=1S/C18H25NO5S/c1-10(2)17(21)23-9-14(20)19-16-15(18(22)24-11(3)4)12-7-5-6-8-13(12)25-16/h10-11H,5-9H2,1-4H3,(H,19,20). The lowest BCUT2D eigenvalue weighted by Crippen LogP contribution is -2.23. The highest BCUT2D eigenvalue weighted by atomic mass is 32.1. The molecule has 0 saturated carbocycles. The Kier molecular flexibility index (Phi) is 6.58. The van der Waals surface area contributed by atoms with Crippen LogP contribution < -0.4 is 5.32 Å². The van der Waals surface area contributed by atoms with E-state index in [0.29, 0.717) is 10.6 Å². The van der Waals surface area contributed by atoms with Crippen LogP contribution in [0.5, 0.6) is 0 Å². The van der Waals surface area contributed by atoms with E-state index in [1.165, 1.54) is 11.3 Å². The van der Waals surface area contributed by atoms with Crippen LogP contribution in [0.2, 0.25) is 0 Å². The van der Waals surface area contributed by atoms with Crippen molar-refractivity contribution in [1.82, 2.24) is 0 Å². The van der Waals surface area contributed by atoms with Gasteiger partial charge in [-0.2, -0.15) is 0 Å². The van der Waals surface area contributed by atoms with Crippen molar-refractivity contribution in [1.29, 1.82) is 0 Å². The molecule has 1 aromatic heterocycles. The molecule has 1 aromatic rings. The van der Waals surface area contributed by atoms with Crippen molar-refractivity contribution >= 4 is 34.2 Å². The van der Waals surface area contributed by atoms with Crippen LogP contribution in [0, 0.1) is 5.92 Å². The summed E-state index contributed by atoms with van der Waals surface area (Å²) in [5.41, 5.74) is 1.44. The lowest BCUT2D eigenvalue weighted by molar-refractivity contribution is -0.150. The van der Waals surface area contributed by atoms with Gasteiger partial charge in [0.05, 0.1) is 17.6 Å². The lowest BCUT2D eigenvalue weighted by Gasteiger charge is -2.14. The number of rotatable bonds is 6. The average Bonchev–Trinajstić information content (AvgIpc) is 2.89. The van der Waals surface area contributed by atoms with Crippen LogP contribution in [0.15, 0.2) is 0 Å². The molecule has 0 aliphatic heterocycles. The number of carbonyl (C=O) groups excluding carboxylic acids is 3. The number of anilines is 1. The molecular formula is C18H25NO5S. The molecule has 1 aliphatic carbocycles. The lowest BCUT2D eigenvalue weighted by atomic mass is 9.95. The smallest absolute Gasteiger partial charge is 0.341 e. The zero-order chi connectivity index (χ0) is 18.6. The Morgan fingerprint density at radius 1 is 1.12 bits per heavy atom. The van der Waals surface area contributed by atoms with Crippen molar-refractivity contribution in [2.75, 3.05) is 11.9 Å². The van der Waals surface area contributed by atoms with E-state index >= 15 is 0 Å². The fourth-order valence-corrected chi connectivity index (χ4v) is 3.90. The SMILES string of the molecule is CC(C)OC(=O)c1c(NC(=O)COC(=O)C(C)C)sc2c1CCCC2. The number of nitrogens with one attached hydrogen (secondary N) is 1. The normalized spacial score (nSPS) is 13.5. The Bertz CT molecular complexity index is 663. The molecule has 25 heavy (non-hydrogen) atoms. The summed E-state index contributed by atoms with van der Waals surface area (Å²) in [7, 11) is 0. The van der Waals surface area contributed by atoms with Gasteiger partial charge < -0.3 is 14.8 Å². The first-order chi connectivity index (χ1) is 11.8. The largest absolute Gasteiger partial charge is 0.459 e. The summed E-state index contributed by atoms with van der Waals surface area (Å²) in [5.74, 6) is -1.59. The van der Waals surface area contributed by atoms with E-state index < -0.39 is 17.8 Å². The second-order valence-electron chi connectivity index (χ2n) is 6.68. The fraction of sp³-hybridized carbons (Fsp3) is 0.611. The second kappa shape index (κ2) is 8.47. The van der Waals surface area contributed by atoms with Gasteiger partial charge in [0.2, 0.25) is 0 Å². The summed E-state index contributed by atoms with van der Waals surface area (Å²) >= 11 is 1.41. The molecule has 0 unspecified atom stereocenters. The zero-order valence-corrected chi connectivity index (χ0v) is 16.0. The number of fused-ring (bicyclic) bond motifs is 1.